The minimum atomic E-state index is -0.260. The van der Waals surface area contributed by atoms with Gasteiger partial charge in [-0.05, 0) is 42.1 Å². The highest BCUT2D eigenvalue weighted by Gasteiger charge is 2.14. The molecule has 0 spiro atoms. The first-order valence-electron chi connectivity index (χ1n) is 5.66. The monoisotopic (exact) mass is 309 g/mol. The molecule has 1 aromatic heterocycles. The molecule has 2 rings (SSSR count). The van der Waals surface area contributed by atoms with E-state index in [-0.39, 0.29) is 11.7 Å². The summed E-state index contributed by atoms with van der Waals surface area (Å²) in [5.74, 6) is -0.246. The molecule has 104 valence electrons. The number of nitrogens with one attached hydrogen (secondary N) is 1. The molecule has 2 aromatic rings. The fraction of sp³-hybridized carbons (Fsp3) is 0.0769. The molecular weight excluding hydrogens is 298 g/mol. The van der Waals surface area contributed by atoms with E-state index in [9.17, 15) is 4.79 Å². The lowest BCUT2D eigenvalue weighted by Crippen LogP contribution is -2.14. The number of hydrogen-bond donors (Lipinski definition) is 3. The molecule has 1 aromatic carbocycles. The summed E-state index contributed by atoms with van der Waals surface area (Å²) >= 11 is 7.34. The van der Waals surface area contributed by atoms with Crippen molar-refractivity contribution in [3.8, 4) is 0 Å². The third-order valence-electron chi connectivity index (χ3n) is 2.65. The third kappa shape index (κ3) is 2.92. The Morgan fingerprint density at radius 2 is 2.05 bits per heavy atom. The number of amides is 1. The largest absolute Gasteiger partial charge is 0.409 e. The standard InChI is InChI=1S/C13H12ClN3O2S/c1-7-6-20-11(10(7)14)13(18)16-9-4-2-8(3-5-9)12(15)17-19/h2-6,19H,1H3,(H2,15,17)(H,16,18). The van der Waals surface area contributed by atoms with Crippen LogP contribution in [0.4, 0.5) is 5.69 Å². The SMILES string of the molecule is Cc1csc(C(=O)Nc2ccc(/C(N)=N/O)cc2)c1Cl. The second-order valence-electron chi connectivity index (χ2n) is 4.08. The van der Waals surface area contributed by atoms with E-state index in [0.29, 0.717) is 21.2 Å². The molecule has 0 saturated heterocycles. The molecule has 5 nitrogen and oxygen atoms in total. The molecule has 0 aliphatic rings. The maximum Gasteiger partial charge on any atom is 0.267 e. The van der Waals surface area contributed by atoms with Crippen molar-refractivity contribution in [2.75, 3.05) is 5.32 Å². The molecule has 7 heteroatoms. The minimum absolute atomic E-state index is 0.0137. The number of nitrogens with zero attached hydrogens (tertiary/aromatic N) is 1. The second kappa shape index (κ2) is 5.94. The highest BCUT2D eigenvalue weighted by atomic mass is 35.5. The van der Waals surface area contributed by atoms with Gasteiger partial charge < -0.3 is 16.3 Å². The first kappa shape index (κ1) is 14.4. The van der Waals surface area contributed by atoms with Crippen LogP contribution in [0.25, 0.3) is 0 Å². The summed E-state index contributed by atoms with van der Waals surface area (Å²) < 4.78 is 0. The first-order chi connectivity index (χ1) is 9.52. The Kier molecular flexibility index (Phi) is 4.26. The van der Waals surface area contributed by atoms with Gasteiger partial charge in [-0.1, -0.05) is 16.8 Å². The van der Waals surface area contributed by atoms with Crippen LogP contribution in [0.15, 0.2) is 34.8 Å². The smallest absolute Gasteiger partial charge is 0.267 e. The van der Waals surface area contributed by atoms with Gasteiger partial charge in [-0.3, -0.25) is 4.79 Å². The van der Waals surface area contributed by atoms with Crippen LogP contribution in [0.2, 0.25) is 5.02 Å². The molecule has 0 fully saturated rings. The fourth-order valence-electron chi connectivity index (χ4n) is 1.55. The molecule has 1 heterocycles. The Morgan fingerprint density at radius 3 is 2.55 bits per heavy atom. The van der Waals surface area contributed by atoms with E-state index < -0.39 is 0 Å². The van der Waals surface area contributed by atoms with Crippen LogP contribution >= 0.6 is 22.9 Å². The van der Waals surface area contributed by atoms with Gasteiger partial charge in [0, 0.05) is 11.3 Å². The summed E-state index contributed by atoms with van der Waals surface area (Å²) in [5.41, 5.74) is 7.50. The topological polar surface area (TPSA) is 87.7 Å². The van der Waals surface area contributed by atoms with Crippen LogP contribution in [0.5, 0.6) is 0 Å². The van der Waals surface area contributed by atoms with Gasteiger partial charge in [-0.2, -0.15) is 0 Å². The zero-order valence-electron chi connectivity index (χ0n) is 10.6. The average molecular weight is 310 g/mol. The predicted octanol–water partition coefficient (Wildman–Crippen LogP) is 3.06. The second-order valence-corrected chi connectivity index (χ2v) is 5.34. The number of carbonyl (C=O) groups is 1. The lowest BCUT2D eigenvalue weighted by Gasteiger charge is -2.05. The van der Waals surface area contributed by atoms with E-state index in [1.165, 1.54) is 11.3 Å². The van der Waals surface area contributed by atoms with E-state index in [1.807, 2.05) is 12.3 Å². The van der Waals surface area contributed by atoms with Gasteiger partial charge in [0.1, 0.15) is 4.88 Å². The highest BCUT2D eigenvalue weighted by molar-refractivity contribution is 7.13. The Balaban J connectivity index is 2.14. The molecule has 20 heavy (non-hydrogen) atoms. The lowest BCUT2D eigenvalue weighted by molar-refractivity contribution is 0.103. The van der Waals surface area contributed by atoms with Crippen molar-refractivity contribution in [1.82, 2.24) is 0 Å². The molecule has 4 N–H and O–H groups in total. The van der Waals surface area contributed by atoms with Crippen LogP contribution in [-0.4, -0.2) is 17.0 Å². The number of aryl methyl sites for hydroxylation is 1. The van der Waals surface area contributed by atoms with Gasteiger partial charge in [-0.15, -0.1) is 11.3 Å². The predicted molar refractivity (Wildman–Crippen MR) is 81.0 cm³/mol. The zero-order chi connectivity index (χ0) is 14.7. The molecule has 0 bridgehead atoms. The van der Waals surface area contributed by atoms with Crippen molar-refractivity contribution in [1.29, 1.82) is 0 Å². The van der Waals surface area contributed by atoms with E-state index in [2.05, 4.69) is 10.5 Å². The van der Waals surface area contributed by atoms with Crippen LogP contribution in [0.3, 0.4) is 0 Å². The number of oxime groups is 1. The summed E-state index contributed by atoms with van der Waals surface area (Å²) in [6.45, 7) is 1.85. The van der Waals surface area contributed by atoms with E-state index in [0.717, 1.165) is 5.56 Å². The summed E-state index contributed by atoms with van der Waals surface area (Å²) in [7, 11) is 0. The number of thiophene rings is 1. The van der Waals surface area contributed by atoms with Crippen molar-refractivity contribution in [3.63, 3.8) is 0 Å². The van der Waals surface area contributed by atoms with Crippen molar-refractivity contribution in [2.45, 2.75) is 6.92 Å². The molecule has 0 radical (unpaired) electrons. The Hall–Kier alpha value is -2.05. The number of amidine groups is 1. The van der Waals surface area contributed by atoms with Gasteiger partial charge in [0.05, 0.1) is 5.02 Å². The quantitative estimate of drug-likeness (QED) is 0.352. The number of hydrogen-bond acceptors (Lipinski definition) is 4. The number of anilines is 1. The Morgan fingerprint density at radius 1 is 1.40 bits per heavy atom. The van der Waals surface area contributed by atoms with Crippen molar-refractivity contribution >= 4 is 40.4 Å². The Labute approximate surface area is 124 Å². The molecule has 0 aliphatic carbocycles. The van der Waals surface area contributed by atoms with Gasteiger partial charge in [0.15, 0.2) is 5.84 Å². The molecule has 0 aliphatic heterocycles. The van der Waals surface area contributed by atoms with Crippen molar-refractivity contribution < 1.29 is 10.0 Å². The van der Waals surface area contributed by atoms with E-state index in [4.69, 9.17) is 22.5 Å². The number of carbonyl (C=O) groups excluding carboxylic acids is 1. The molecule has 0 saturated carbocycles. The Bertz CT molecular complexity index is 665. The van der Waals surface area contributed by atoms with Crippen LogP contribution in [0.1, 0.15) is 20.8 Å². The highest BCUT2D eigenvalue weighted by Crippen LogP contribution is 2.27. The van der Waals surface area contributed by atoms with Crippen LogP contribution in [0, 0.1) is 6.92 Å². The molecule has 0 atom stereocenters. The maximum atomic E-state index is 12.0. The van der Waals surface area contributed by atoms with Crippen molar-refractivity contribution in [2.24, 2.45) is 10.9 Å². The maximum absolute atomic E-state index is 12.0. The summed E-state index contributed by atoms with van der Waals surface area (Å²) in [6.07, 6.45) is 0. The lowest BCUT2D eigenvalue weighted by atomic mass is 10.2. The van der Waals surface area contributed by atoms with Gasteiger partial charge in [-0.25, -0.2) is 0 Å². The summed E-state index contributed by atoms with van der Waals surface area (Å²) in [4.78, 5) is 12.5. The van der Waals surface area contributed by atoms with Crippen LogP contribution < -0.4 is 11.1 Å². The molecule has 0 unspecified atom stereocenters. The molecule has 1 amide bonds. The number of benzene rings is 1. The van der Waals surface area contributed by atoms with Gasteiger partial charge >= 0.3 is 0 Å². The minimum Gasteiger partial charge on any atom is -0.409 e. The fourth-order valence-corrected chi connectivity index (χ4v) is 2.73. The average Bonchev–Trinajstić information content (AvgIpc) is 2.79. The summed E-state index contributed by atoms with van der Waals surface area (Å²) in [5, 5.41) is 16.5. The number of nitrogens with two attached hydrogens (primary N) is 1. The van der Waals surface area contributed by atoms with Gasteiger partial charge in [0.2, 0.25) is 0 Å². The zero-order valence-corrected chi connectivity index (χ0v) is 12.1. The van der Waals surface area contributed by atoms with Gasteiger partial charge in [0.25, 0.3) is 5.91 Å². The van der Waals surface area contributed by atoms with E-state index >= 15 is 0 Å². The van der Waals surface area contributed by atoms with Crippen molar-refractivity contribution in [3.05, 3.63) is 50.7 Å². The first-order valence-corrected chi connectivity index (χ1v) is 6.91. The third-order valence-corrected chi connectivity index (χ3v) is 4.35. The summed E-state index contributed by atoms with van der Waals surface area (Å²) in [6, 6.07) is 6.62. The molecular formula is C13H12ClN3O2S. The van der Waals surface area contributed by atoms with E-state index in [1.54, 1.807) is 24.3 Å². The normalized spacial score (nSPS) is 11.4. The number of halogens is 1. The van der Waals surface area contributed by atoms with Crippen LogP contribution in [-0.2, 0) is 0 Å². The number of rotatable bonds is 3.